The molecule has 2 N–H and O–H groups in total. The molecule has 0 aliphatic heterocycles. The Morgan fingerprint density at radius 1 is 0.787 bits per heavy atom. The topological polar surface area (TPSA) is 109 Å². The number of rotatable bonds is 13. The molecular formula is C38H41N3O5S. The van der Waals surface area contributed by atoms with Crippen molar-refractivity contribution in [3.8, 4) is 22.5 Å². The molecule has 0 unspecified atom stereocenters. The third-order valence-electron chi connectivity index (χ3n) is 8.29. The minimum absolute atomic E-state index is 0.00741. The lowest BCUT2D eigenvalue weighted by atomic mass is 9.95. The van der Waals surface area contributed by atoms with Crippen molar-refractivity contribution in [3.05, 3.63) is 107 Å². The molecular weight excluding hydrogens is 611 g/mol. The number of sulfonamides is 1. The summed E-state index contributed by atoms with van der Waals surface area (Å²) in [5.41, 5.74) is 7.18. The summed E-state index contributed by atoms with van der Waals surface area (Å²) in [6, 6.07) is 25.9. The molecule has 9 heteroatoms. The summed E-state index contributed by atoms with van der Waals surface area (Å²) < 4.78 is 34.2. The highest BCUT2D eigenvalue weighted by molar-refractivity contribution is 7.89. The van der Waals surface area contributed by atoms with Crippen LogP contribution in [0.4, 0.5) is 5.69 Å². The zero-order chi connectivity index (χ0) is 33.7. The number of amides is 1. The fourth-order valence-corrected chi connectivity index (χ4v) is 6.68. The second-order valence-electron chi connectivity index (χ2n) is 11.5. The van der Waals surface area contributed by atoms with Gasteiger partial charge in [0.2, 0.25) is 10.0 Å². The van der Waals surface area contributed by atoms with Gasteiger partial charge in [0, 0.05) is 66.4 Å². The smallest absolute Gasteiger partial charge is 0.251 e. The van der Waals surface area contributed by atoms with Crippen LogP contribution in [0.3, 0.4) is 0 Å². The molecule has 47 heavy (non-hydrogen) atoms. The summed E-state index contributed by atoms with van der Waals surface area (Å²) in [5.74, 6) is 0.228. The van der Waals surface area contributed by atoms with Crippen molar-refractivity contribution in [1.82, 2.24) is 10.0 Å². The fourth-order valence-electron chi connectivity index (χ4n) is 5.64. The molecule has 1 amide bonds. The molecule has 0 fully saturated rings. The number of hydrogen-bond donors (Lipinski definition) is 2. The van der Waals surface area contributed by atoms with E-state index in [1.807, 2.05) is 75.4 Å². The Morgan fingerprint density at radius 2 is 1.45 bits per heavy atom. The maximum absolute atomic E-state index is 13.4. The van der Waals surface area contributed by atoms with Crippen LogP contribution < -0.4 is 14.9 Å². The molecule has 4 aromatic carbocycles. The second-order valence-corrected chi connectivity index (χ2v) is 13.3. The lowest BCUT2D eigenvalue weighted by molar-refractivity contribution is 0.0952. The zero-order valence-electron chi connectivity index (χ0n) is 27.5. The summed E-state index contributed by atoms with van der Waals surface area (Å²) in [6.45, 7) is 11.6. The van der Waals surface area contributed by atoms with Gasteiger partial charge in [-0.1, -0.05) is 66.6 Å². The fraction of sp³-hybridized carbons (Fsp3) is 0.263. The molecule has 5 rings (SSSR count). The van der Waals surface area contributed by atoms with Gasteiger partial charge in [-0.25, -0.2) is 13.1 Å². The number of furan rings is 1. The molecule has 0 atom stereocenters. The van der Waals surface area contributed by atoms with Gasteiger partial charge >= 0.3 is 0 Å². The van der Waals surface area contributed by atoms with E-state index in [4.69, 9.17) is 4.42 Å². The average Bonchev–Trinajstić information content (AvgIpc) is 3.45. The van der Waals surface area contributed by atoms with Gasteiger partial charge in [0.25, 0.3) is 5.91 Å². The van der Waals surface area contributed by atoms with Crippen LogP contribution in [0.1, 0.15) is 59.0 Å². The molecule has 0 saturated heterocycles. The third-order valence-corrected chi connectivity index (χ3v) is 9.77. The van der Waals surface area contributed by atoms with Gasteiger partial charge in [-0.15, -0.1) is 0 Å². The minimum Gasteiger partial charge on any atom is -0.455 e. The maximum atomic E-state index is 13.4. The van der Waals surface area contributed by atoms with Crippen LogP contribution in [-0.4, -0.2) is 46.3 Å². The van der Waals surface area contributed by atoms with Crippen LogP contribution in [0.25, 0.3) is 33.4 Å². The number of Topliss-reactive ketones (excluding diaryl/α,β-unsaturated/α-hetero) is 1. The number of anilines is 1. The summed E-state index contributed by atoms with van der Waals surface area (Å²) >= 11 is 0. The number of carbonyl (C=O) groups excluding carboxylic acids is 2. The van der Waals surface area contributed by atoms with E-state index in [1.54, 1.807) is 30.3 Å². The van der Waals surface area contributed by atoms with Crippen LogP contribution in [0.5, 0.6) is 0 Å². The number of aryl methyl sites for hydroxylation is 2. The molecule has 0 aliphatic carbocycles. The Balaban J connectivity index is 1.46. The number of benzene rings is 4. The number of carbonyl (C=O) groups is 2. The molecule has 0 aliphatic rings. The second kappa shape index (κ2) is 14.4. The first-order valence-electron chi connectivity index (χ1n) is 16.0. The van der Waals surface area contributed by atoms with E-state index in [9.17, 15) is 18.0 Å². The summed E-state index contributed by atoms with van der Waals surface area (Å²) in [5, 5.41) is 3.55. The van der Waals surface area contributed by atoms with Crippen molar-refractivity contribution in [1.29, 1.82) is 0 Å². The number of ketones is 1. The average molecular weight is 652 g/mol. The first-order chi connectivity index (χ1) is 22.6. The maximum Gasteiger partial charge on any atom is 0.251 e. The molecule has 5 aromatic rings. The summed E-state index contributed by atoms with van der Waals surface area (Å²) in [6.07, 6.45) is 0.331. The van der Waals surface area contributed by atoms with E-state index in [1.165, 1.54) is 0 Å². The van der Waals surface area contributed by atoms with Crippen molar-refractivity contribution in [2.24, 2.45) is 0 Å². The highest BCUT2D eigenvalue weighted by Crippen LogP contribution is 2.41. The van der Waals surface area contributed by atoms with Crippen LogP contribution in [0.15, 0.2) is 94.2 Å². The van der Waals surface area contributed by atoms with E-state index in [2.05, 4.69) is 28.8 Å². The van der Waals surface area contributed by atoms with E-state index in [0.717, 1.165) is 52.0 Å². The van der Waals surface area contributed by atoms with Gasteiger partial charge < -0.3 is 14.6 Å². The van der Waals surface area contributed by atoms with Crippen LogP contribution in [0.2, 0.25) is 0 Å². The minimum atomic E-state index is -3.69. The molecule has 0 spiro atoms. The van der Waals surface area contributed by atoms with Gasteiger partial charge in [-0.2, -0.15) is 0 Å². The lowest BCUT2D eigenvalue weighted by Crippen LogP contribution is -2.34. The van der Waals surface area contributed by atoms with Crippen molar-refractivity contribution in [3.63, 3.8) is 0 Å². The Hall–Kier alpha value is -4.73. The van der Waals surface area contributed by atoms with Gasteiger partial charge in [0.1, 0.15) is 11.3 Å². The largest absolute Gasteiger partial charge is 0.455 e. The Labute approximate surface area is 276 Å². The van der Waals surface area contributed by atoms with Gasteiger partial charge in [-0.05, 0) is 63.6 Å². The predicted molar refractivity (Wildman–Crippen MR) is 189 cm³/mol. The molecule has 8 nitrogen and oxygen atoms in total. The van der Waals surface area contributed by atoms with Gasteiger partial charge in [-0.3, -0.25) is 9.59 Å². The molecule has 1 heterocycles. The summed E-state index contributed by atoms with van der Waals surface area (Å²) in [4.78, 5) is 29.0. The number of fused-ring (bicyclic) bond motifs is 1. The highest BCUT2D eigenvalue weighted by Gasteiger charge is 2.24. The molecule has 244 valence electrons. The van der Waals surface area contributed by atoms with E-state index < -0.39 is 10.0 Å². The van der Waals surface area contributed by atoms with Crippen LogP contribution in [0, 0.1) is 13.8 Å². The number of nitrogens with zero attached hydrogens (tertiary/aromatic N) is 1. The van der Waals surface area contributed by atoms with E-state index in [0.29, 0.717) is 28.9 Å². The van der Waals surface area contributed by atoms with E-state index >= 15 is 0 Å². The third kappa shape index (κ3) is 7.32. The number of nitrogens with one attached hydrogen (secondary N) is 2. The first kappa shape index (κ1) is 33.6. The Morgan fingerprint density at radius 3 is 2.09 bits per heavy atom. The normalized spacial score (nSPS) is 11.5. The standard InChI is InChI=1S/C38H41N3O5S/c1-6-34(42)36-32-23-31(33(41(7-2)8-3)24-35(32)46-37(36)27-16-12-25(4)13-17-27)28-10-9-11-29(22-28)38(43)39-20-21-40-47(44,45)30-18-14-26(5)15-19-30/h9-19,22-24,40H,6-8,20-21H2,1-5H3,(H,39,43). The quantitative estimate of drug-likeness (QED) is 0.101. The molecule has 0 bridgehead atoms. The first-order valence-corrected chi connectivity index (χ1v) is 17.4. The Kier molecular flexibility index (Phi) is 10.3. The predicted octanol–water partition coefficient (Wildman–Crippen LogP) is 7.53. The highest BCUT2D eigenvalue weighted by atomic mass is 32.2. The lowest BCUT2D eigenvalue weighted by Gasteiger charge is -2.24. The Bertz CT molecular complexity index is 2010. The molecule has 0 saturated carbocycles. The monoisotopic (exact) mass is 651 g/mol. The van der Waals surface area contributed by atoms with Gasteiger partial charge in [0.15, 0.2) is 5.78 Å². The van der Waals surface area contributed by atoms with E-state index in [-0.39, 0.29) is 29.7 Å². The SMILES string of the molecule is CCC(=O)c1c(-c2ccc(C)cc2)oc2cc(N(CC)CC)c(-c3cccc(C(=O)NCCNS(=O)(=O)c4ccc(C)cc4)c3)cc12. The number of hydrogen-bond acceptors (Lipinski definition) is 6. The van der Waals surface area contributed by atoms with Crippen LogP contribution in [-0.2, 0) is 10.0 Å². The van der Waals surface area contributed by atoms with Crippen LogP contribution >= 0.6 is 0 Å². The molecule has 1 aromatic heterocycles. The van der Waals surface area contributed by atoms with Crippen molar-refractivity contribution in [2.45, 2.75) is 45.9 Å². The molecule has 0 radical (unpaired) electrons. The van der Waals surface area contributed by atoms with Crippen molar-refractivity contribution >= 4 is 38.4 Å². The van der Waals surface area contributed by atoms with Gasteiger partial charge in [0.05, 0.1) is 10.5 Å². The van der Waals surface area contributed by atoms with Crippen molar-refractivity contribution in [2.75, 3.05) is 31.1 Å². The van der Waals surface area contributed by atoms with Crippen molar-refractivity contribution < 1.29 is 22.4 Å². The summed E-state index contributed by atoms with van der Waals surface area (Å²) in [7, 11) is -3.69. The zero-order valence-corrected chi connectivity index (χ0v) is 28.3.